The van der Waals surface area contributed by atoms with E-state index in [4.69, 9.17) is 14.2 Å². The Morgan fingerprint density at radius 3 is 2.82 bits per heavy atom. The third-order valence-electron chi connectivity index (χ3n) is 4.53. The molecule has 0 bridgehead atoms. The summed E-state index contributed by atoms with van der Waals surface area (Å²) >= 11 is 1.66. The Bertz CT molecular complexity index is 734. The van der Waals surface area contributed by atoms with Gasteiger partial charge in [-0.25, -0.2) is 4.98 Å². The standard InChI is InChI=1S/C20H29N3O4S/c1-15-22-17(14-28-15)11-21-10-16-3-4-19(20(9-16)25-2)27-13-18(24)12-23-5-7-26-8-6-23/h3-4,9,14,18,21,24H,5-8,10-13H2,1-2H3. The van der Waals surface area contributed by atoms with E-state index in [0.29, 0.717) is 24.6 Å². The number of thiazole rings is 1. The molecule has 7 nitrogen and oxygen atoms in total. The number of β-amino-alcohol motifs (C(OH)–C–C–N with tert-alkyl or cyclic N) is 1. The van der Waals surface area contributed by atoms with Crippen molar-refractivity contribution in [3.8, 4) is 11.5 Å². The van der Waals surface area contributed by atoms with Crippen LogP contribution in [0.3, 0.4) is 0 Å². The molecule has 1 atom stereocenters. The summed E-state index contributed by atoms with van der Waals surface area (Å²) < 4.78 is 16.6. The maximum Gasteiger partial charge on any atom is 0.161 e. The molecule has 1 aliphatic heterocycles. The van der Waals surface area contributed by atoms with Crippen molar-refractivity contribution in [3.63, 3.8) is 0 Å². The van der Waals surface area contributed by atoms with Gasteiger partial charge in [-0.3, -0.25) is 4.90 Å². The Morgan fingerprint density at radius 2 is 2.11 bits per heavy atom. The molecule has 0 spiro atoms. The zero-order valence-corrected chi connectivity index (χ0v) is 17.3. The van der Waals surface area contributed by atoms with Crippen LogP contribution in [0.1, 0.15) is 16.3 Å². The molecule has 0 saturated carbocycles. The minimum absolute atomic E-state index is 0.231. The molecule has 0 radical (unpaired) electrons. The lowest BCUT2D eigenvalue weighted by Crippen LogP contribution is -2.42. The predicted molar refractivity (Wildman–Crippen MR) is 109 cm³/mol. The quantitative estimate of drug-likeness (QED) is 0.622. The molecule has 28 heavy (non-hydrogen) atoms. The van der Waals surface area contributed by atoms with Crippen molar-refractivity contribution in [2.24, 2.45) is 0 Å². The van der Waals surface area contributed by atoms with Gasteiger partial charge in [-0.2, -0.15) is 0 Å². The summed E-state index contributed by atoms with van der Waals surface area (Å²) in [4.78, 5) is 6.64. The molecule has 2 N–H and O–H groups in total. The van der Waals surface area contributed by atoms with E-state index in [1.54, 1.807) is 18.4 Å². The number of morpholine rings is 1. The molecule has 1 unspecified atom stereocenters. The highest BCUT2D eigenvalue weighted by Gasteiger charge is 2.16. The highest BCUT2D eigenvalue weighted by molar-refractivity contribution is 7.09. The summed E-state index contributed by atoms with van der Waals surface area (Å²) in [6, 6.07) is 5.86. The van der Waals surface area contributed by atoms with Crippen LogP contribution in [-0.2, 0) is 17.8 Å². The highest BCUT2D eigenvalue weighted by Crippen LogP contribution is 2.28. The fourth-order valence-electron chi connectivity index (χ4n) is 3.09. The van der Waals surface area contributed by atoms with E-state index in [2.05, 4.69) is 20.6 Å². The van der Waals surface area contributed by atoms with Gasteiger partial charge in [-0.05, 0) is 24.6 Å². The summed E-state index contributed by atoms with van der Waals surface area (Å²) in [6.07, 6.45) is -0.550. The Morgan fingerprint density at radius 1 is 1.29 bits per heavy atom. The summed E-state index contributed by atoms with van der Waals surface area (Å²) in [6.45, 7) is 7.42. The van der Waals surface area contributed by atoms with Gasteiger partial charge in [-0.1, -0.05) is 6.07 Å². The number of methoxy groups -OCH3 is 1. The van der Waals surface area contributed by atoms with E-state index in [1.807, 2.05) is 25.1 Å². The first-order valence-corrected chi connectivity index (χ1v) is 10.4. The van der Waals surface area contributed by atoms with Crippen LogP contribution in [0.2, 0.25) is 0 Å². The largest absolute Gasteiger partial charge is 0.493 e. The van der Waals surface area contributed by atoms with E-state index in [-0.39, 0.29) is 6.61 Å². The molecule has 8 heteroatoms. The third kappa shape index (κ3) is 6.42. The van der Waals surface area contributed by atoms with Crippen LogP contribution >= 0.6 is 11.3 Å². The van der Waals surface area contributed by atoms with Crippen molar-refractivity contribution in [1.29, 1.82) is 0 Å². The van der Waals surface area contributed by atoms with E-state index in [0.717, 1.165) is 49.1 Å². The molecule has 0 aliphatic carbocycles. The molecule has 2 aromatic rings. The van der Waals surface area contributed by atoms with Crippen LogP contribution in [0.15, 0.2) is 23.6 Å². The average molecular weight is 408 g/mol. The Hall–Kier alpha value is -1.71. The molecule has 0 amide bonds. The smallest absolute Gasteiger partial charge is 0.161 e. The minimum atomic E-state index is -0.550. The number of hydrogen-bond donors (Lipinski definition) is 2. The number of ether oxygens (including phenoxy) is 3. The zero-order valence-electron chi connectivity index (χ0n) is 16.5. The fourth-order valence-corrected chi connectivity index (χ4v) is 3.70. The summed E-state index contributed by atoms with van der Waals surface area (Å²) in [5.41, 5.74) is 2.16. The number of nitrogens with one attached hydrogen (secondary N) is 1. The van der Waals surface area contributed by atoms with Crippen LogP contribution in [0, 0.1) is 6.92 Å². The Kier molecular flexibility index (Phi) is 8.05. The summed E-state index contributed by atoms with van der Waals surface area (Å²) in [7, 11) is 1.63. The second-order valence-electron chi connectivity index (χ2n) is 6.82. The van der Waals surface area contributed by atoms with E-state index >= 15 is 0 Å². The average Bonchev–Trinajstić information content (AvgIpc) is 3.12. The SMILES string of the molecule is COc1cc(CNCc2csc(C)n2)ccc1OCC(O)CN1CCOCC1. The molecule has 1 aliphatic rings. The van der Waals surface area contributed by atoms with Crippen molar-refractivity contribution in [3.05, 3.63) is 39.8 Å². The molecule has 1 saturated heterocycles. The first kappa shape index (κ1) is 21.0. The first-order valence-electron chi connectivity index (χ1n) is 9.53. The van der Waals surface area contributed by atoms with Crippen LogP contribution in [0.4, 0.5) is 0 Å². The van der Waals surface area contributed by atoms with Gasteiger partial charge in [0.05, 0.1) is 31.0 Å². The van der Waals surface area contributed by atoms with Crippen molar-refractivity contribution < 1.29 is 19.3 Å². The van der Waals surface area contributed by atoms with Gasteiger partial charge in [0.1, 0.15) is 12.7 Å². The lowest BCUT2D eigenvalue weighted by molar-refractivity contribution is 0.00445. The van der Waals surface area contributed by atoms with Gasteiger partial charge >= 0.3 is 0 Å². The fraction of sp³-hybridized carbons (Fsp3) is 0.550. The molecule has 3 rings (SSSR count). The summed E-state index contributed by atoms with van der Waals surface area (Å²) in [5, 5.41) is 16.8. The van der Waals surface area contributed by atoms with Gasteiger partial charge in [0.25, 0.3) is 0 Å². The minimum Gasteiger partial charge on any atom is -0.493 e. The maximum atomic E-state index is 10.2. The molecular weight excluding hydrogens is 378 g/mol. The zero-order chi connectivity index (χ0) is 19.8. The number of aliphatic hydroxyl groups is 1. The van der Waals surface area contributed by atoms with Crippen molar-refractivity contribution in [2.75, 3.05) is 46.6 Å². The van der Waals surface area contributed by atoms with Gasteiger partial charge < -0.3 is 24.6 Å². The van der Waals surface area contributed by atoms with Gasteiger partial charge in [0, 0.05) is 38.1 Å². The Labute approximate surface area is 170 Å². The number of nitrogens with zero attached hydrogens (tertiary/aromatic N) is 2. The molecule has 1 aromatic heterocycles. The number of aromatic nitrogens is 1. The second-order valence-corrected chi connectivity index (χ2v) is 7.89. The van der Waals surface area contributed by atoms with Crippen molar-refractivity contribution >= 4 is 11.3 Å². The van der Waals surface area contributed by atoms with Gasteiger partial charge in [0.15, 0.2) is 11.5 Å². The third-order valence-corrected chi connectivity index (χ3v) is 5.36. The monoisotopic (exact) mass is 407 g/mol. The number of aryl methyl sites for hydroxylation is 1. The molecular formula is C20H29N3O4S. The summed E-state index contributed by atoms with van der Waals surface area (Å²) in [5.74, 6) is 1.31. The number of benzene rings is 1. The number of hydrogen-bond acceptors (Lipinski definition) is 8. The van der Waals surface area contributed by atoms with Crippen LogP contribution in [0.5, 0.6) is 11.5 Å². The van der Waals surface area contributed by atoms with E-state index in [9.17, 15) is 5.11 Å². The second kappa shape index (κ2) is 10.7. The molecule has 1 fully saturated rings. The molecule has 1 aromatic carbocycles. The lowest BCUT2D eigenvalue weighted by atomic mass is 10.2. The Balaban J connectivity index is 1.46. The van der Waals surface area contributed by atoms with Crippen molar-refractivity contribution in [2.45, 2.75) is 26.1 Å². The van der Waals surface area contributed by atoms with Crippen LogP contribution in [0.25, 0.3) is 0 Å². The predicted octanol–water partition coefficient (Wildman–Crippen LogP) is 1.82. The molecule has 2 heterocycles. The number of rotatable bonds is 10. The maximum absolute atomic E-state index is 10.2. The van der Waals surface area contributed by atoms with Crippen LogP contribution < -0.4 is 14.8 Å². The topological polar surface area (TPSA) is 76.1 Å². The van der Waals surface area contributed by atoms with Crippen LogP contribution in [-0.4, -0.2) is 67.7 Å². The molecule has 154 valence electrons. The van der Waals surface area contributed by atoms with Gasteiger partial charge in [0.2, 0.25) is 0 Å². The normalized spacial score (nSPS) is 16.1. The van der Waals surface area contributed by atoms with Gasteiger partial charge in [-0.15, -0.1) is 11.3 Å². The highest BCUT2D eigenvalue weighted by atomic mass is 32.1. The van der Waals surface area contributed by atoms with Crippen molar-refractivity contribution in [1.82, 2.24) is 15.2 Å². The number of aliphatic hydroxyl groups excluding tert-OH is 1. The first-order chi connectivity index (χ1) is 13.6. The lowest BCUT2D eigenvalue weighted by Gasteiger charge is -2.28. The van der Waals surface area contributed by atoms with E-state index < -0.39 is 6.10 Å². The van der Waals surface area contributed by atoms with E-state index in [1.165, 1.54) is 0 Å².